The first-order valence-electron chi connectivity index (χ1n) is 12.4. The first-order valence-corrected chi connectivity index (χ1v) is 12.4. The third-order valence-electron chi connectivity index (χ3n) is 7.70. The van der Waals surface area contributed by atoms with E-state index in [9.17, 15) is 15.0 Å². The molecule has 0 heterocycles. The number of aliphatic hydroxyl groups excluding tert-OH is 2. The van der Waals surface area contributed by atoms with Crippen LogP contribution in [-0.4, -0.2) is 52.2 Å². The van der Waals surface area contributed by atoms with Gasteiger partial charge in [0.05, 0.1) is 17.7 Å². The minimum Gasteiger partial charge on any atom is -0.489 e. The lowest BCUT2D eigenvalue weighted by Crippen LogP contribution is -2.52. The van der Waals surface area contributed by atoms with E-state index in [1.165, 1.54) is 0 Å². The maximum absolute atomic E-state index is 11.1. The summed E-state index contributed by atoms with van der Waals surface area (Å²) in [4.78, 5) is 11.1. The Labute approximate surface area is 198 Å². The lowest BCUT2D eigenvalue weighted by Gasteiger charge is -2.37. The molecule has 0 aromatic heterocycles. The van der Waals surface area contributed by atoms with E-state index in [1.54, 1.807) is 5.48 Å². The molecule has 6 atom stereocenters. The van der Waals surface area contributed by atoms with Crippen LogP contribution in [0.5, 0.6) is 5.75 Å². The number of carbonyl (C=O) groups excluding carboxylic acids is 1. The Morgan fingerprint density at radius 1 is 1.12 bits per heavy atom. The summed E-state index contributed by atoms with van der Waals surface area (Å²) in [6.07, 6.45) is 5.87. The molecule has 1 aliphatic carbocycles. The van der Waals surface area contributed by atoms with Gasteiger partial charge >= 0.3 is 0 Å². The topological polar surface area (TPSA) is 111 Å². The van der Waals surface area contributed by atoms with Crippen LogP contribution in [0.1, 0.15) is 77.2 Å². The third kappa shape index (κ3) is 7.95. The summed E-state index contributed by atoms with van der Waals surface area (Å²) >= 11 is 0. The van der Waals surface area contributed by atoms with E-state index in [-0.39, 0.29) is 29.4 Å². The number of hydrogen-bond donors (Lipinski definition) is 5. The molecule has 188 valence electrons. The van der Waals surface area contributed by atoms with Crippen LogP contribution in [0.15, 0.2) is 24.3 Å². The third-order valence-corrected chi connectivity index (χ3v) is 7.70. The molecule has 1 aromatic rings. The second-order valence-corrected chi connectivity index (χ2v) is 9.92. The van der Waals surface area contributed by atoms with Crippen molar-refractivity contribution < 1.29 is 25.0 Å². The molecule has 33 heavy (non-hydrogen) atoms. The molecule has 1 amide bonds. The Morgan fingerprint density at radius 2 is 1.76 bits per heavy atom. The lowest BCUT2D eigenvalue weighted by atomic mass is 9.80. The fraction of sp³-hybridized carbons (Fsp3) is 0.731. The summed E-state index contributed by atoms with van der Waals surface area (Å²) in [7, 11) is 1.95. The molecule has 3 unspecified atom stereocenters. The van der Waals surface area contributed by atoms with Crippen molar-refractivity contribution in [1.29, 1.82) is 0 Å². The molecule has 5 N–H and O–H groups in total. The van der Waals surface area contributed by atoms with Crippen LogP contribution in [0.4, 0.5) is 0 Å². The molecule has 0 saturated heterocycles. The highest BCUT2D eigenvalue weighted by atomic mass is 16.5. The Bertz CT molecular complexity index is 730. The van der Waals surface area contributed by atoms with Gasteiger partial charge in [-0.15, -0.1) is 0 Å². The number of carbonyl (C=O) groups is 1. The van der Waals surface area contributed by atoms with Crippen molar-refractivity contribution in [3.63, 3.8) is 0 Å². The van der Waals surface area contributed by atoms with E-state index in [2.05, 4.69) is 19.2 Å². The number of hydrogen-bond acceptors (Lipinski definition) is 6. The van der Waals surface area contributed by atoms with Crippen molar-refractivity contribution >= 4 is 5.91 Å². The highest BCUT2D eigenvalue weighted by molar-refractivity contribution is 5.74. The summed E-state index contributed by atoms with van der Waals surface area (Å²) < 4.78 is 6.30. The first-order chi connectivity index (χ1) is 15.7. The number of para-hydroxylation sites is 1. The standard InChI is InChI=1S/C26H44N2O5/c1-18-11-9-10-13-24(18)33-19(2)26(3,27-4)16-15-21-20(22(29)17-23(21)30)12-7-5-6-8-14-25(31)28-32/h9-11,13,19-23,27,29-30,32H,5-8,12,14-17H2,1-4H3,(H,28,31)/t19?,20-,21?,22+,23-,26?/m1/s1. The normalized spacial score (nSPS) is 25.4. The number of benzene rings is 1. The van der Waals surface area contributed by atoms with E-state index in [0.717, 1.165) is 56.3 Å². The van der Waals surface area contributed by atoms with Crippen LogP contribution in [0, 0.1) is 18.8 Å². The molecule has 1 fully saturated rings. The Kier molecular flexibility index (Phi) is 11.1. The maximum atomic E-state index is 11.1. The molecule has 2 rings (SSSR count). The van der Waals surface area contributed by atoms with Crippen LogP contribution in [0.25, 0.3) is 0 Å². The van der Waals surface area contributed by atoms with E-state index in [4.69, 9.17) is 9.94 Å². The minimum absolute atomic E-state index is 0.0679. The van der Waals surface area contributed by atoms with Gasteiger partial charge in [0.1, 0.15) is 11.9 Å². The minimum atomic E-state index is -0.480. The zero-order chi connectivity index (χ0) is 24.4. The second-order valence-electron chi connectivity index (χ2n) is 9.92. The van der Waals surface area contributed by atoms with Crippen molar-refractivity contribution in [1.82, 2.24) is 10.8 Å². The number of nitrogens with one attached hydrogen (secondary N) is 2. The van der Waals surface area contributed by atoms with E-state index < -0.39 is 12.2 Å². The van der Waals surface area contributed by atoms with Crippen molar-refractivity contribution in [2.45, 2.75) is 102 Å². The number of aryl methyl sites for hydroxylation is 1. The number of hydroxylamine groups is 1. The summed E-state index contributed by atoms with van der Waals surface area (Å²) in [6.45, 7) is 6.28. The largest absolute Gasteiger partial charge is 0.489 e. The van der Waals surface area contributed by atoms with Crippen molar-refractivity contribution in [3.8, 4) is 5.75 Å². The van der Waals surface area contributed by atoms with E-state index in [1.807, 2.05) is 38.2 Å². The van der Waals surface area contributed by atoms with Crippen LogP contribution in [0.3, 0.4) is 0 Å². The van der Waals surface area contributed by atoms with Crippen molar-refractivity contribution in [2.75, 3.05) is 7.05 Å². The zero-order valence-electron chi connectivity index (χ0n) is 20.7. The molecule has 1 saturated carbocycles. The molecule has 0 spiro atoms. The van der Waals surface area contributed by atoms with Crippen LogP contribution >= 0.6 is 0 Å². The summed E-state index contributed by atoms with van der Waals surface area (Å²) in [5.41, 5.74) is 2.49. The average molecular weight is 465 g/mol. The van der Waals surface area contributed by atoms with Gasteiger partial charge < -0.3 is 20.3 Å². The van der Waals surface area contributed by atoms with Gasteiger partial charge in [-0.3, -0.25) is 10.0 Å². The van der Waals surface area contributed by atoms with Gasteiger partial charge in [-0.2, -0.15) is 0 Å². The van der Waals surface area contributed by atoms with Gasteiger partial charge in [-0.25, -0.2) is 5.48 Å². The average Bonchev–Trinajstić information content (AvgIpc) is 3.07. The molecule has 7 nitrogen and oxygen atoms in total. The summed E-state index contributed by atoms with van der Waals surface area (Å²) in [5.74, 6) is 0.697. The van der Waals surface area contributed by atoms with E-state index in [0.29, 0.717) is 12.8 Å². The SMILES string of the molecule is CNC(C)(CCC1[C@H](O)C[C@H](O)[C@@H]1CCCCCCC(=O)NO)C(C)Oc1ccccc1C. The maximum Gasteiger partial charge on any atom is 0.243 e. The van der Waals surface area contributed by atoms with Gasteiger partial charge in [0.15, 0.2) is 0 Å². The van der Waals surface area contributed by atoms with Gasteiger partial charge in [-0.05, 0) is 83.4 Å². The summed E-state index contributed by atoms with van der Waals surface area (Å²) in [6, 6.07) is 8.02. The Hall–Kier alpha value is -1.67. The first kappa shape index (κ1) is 27.6. The van der Waals surface area contributed by atoms with Gasteiger partial charge in [-0.1, -0.05) is 37.5 Å². The van der Waals surface area contributed by atoms with Gasteiger partial charge in [0.25, 0.3) is 0 Å². The quantitative estimate of drug-likeness (QED) is 0.163. The molecule has 0 radical (unpaired) electrons. The van der Waals surface area contributed by atoms with Crippen molar-refractivity contribution in [2.24, 2.45) is 11.8 Å². The molecule has 0 bridgehead atoms. The molecular weight excluding hydrogens is 420 g/mol. The number of unbranched alkanes of at least 4 members (excludes halogenated alkanes) is 3. The number of aliphatic hydroxyl groups is 2. The fourth-order valence-electron chi connectivity index (χ4n) is 5.06. The molecule has 0 aliphatic heterocycles. The second kappa shape index (κ2) is 13.3. The highest BCUT2D eigenvalue weighted by Crippen LogP contribution is 2.40. The zero-order valence-corrected chi connectivity index (χ0v) is 20.7. The molecule has 1 aromatic carbocycles. The Balaban J connectivity index is 1.88. The number of rotatable bonds is 14. The molecular formula is C26H44N2O5. The Morgan fingerprint density at radius 3 is 2.39 bits per heavy atom. The van der Waals surface area contributed by atoms with Crippen LogP contribution in [-0.2, 0) is 4.79 Å². The predicted molar refractivity (Wildman–Crippen MR) is 129 cm³/mol. The fourth-order valence-corrected chi connectivity index (χ4v) is 5.06. The van der Waals surface area contributed by atoms with Gasteiger partial charge in [0, 0.05) is 6.42 Å². The number of likely N-dealkylation sites (N-methyl/N-ethyl adjacent to an activating group) is 1. The van der Waals surface area contributed by atoms with Crippen molar-refractivity contribution in [3.05, 3.63) is 29.8 Å². The number of ether oxygens (including phenoxy) is 1. The molecule has 1 aliphatic rings. The predicted octanol–water partition coefficient (Wildman–Crippen LogP) is 3.72. The lowest BCUT2D eigenvalue weighted by molar-refractivity contribution is -0.129. The summed E-state index contributed by atoms with van der Waals surface area (Å²) in [5, 5.41) is 33.2. The smallest absolute Gasteiger partial charge is 0.243 e. The van der Waals surface area contributed by atoms with Crippen LogP contribution < -0.4 is 15.5 Å². The monoisotopic (exact) mass is 464 g/mol. The van der Waals surface area contributed by atoms with Gasteiger partial charge in [0.2, 0.25) is 5.91 Å². The molecule has 7 heteroatoms. The van der Waals surface area contributed by atoms with Crippen LogP contribution in [0.2, 0.25) is 0 Å². The highest BCUT2D eigenvalue weighted by Gasteiger charge is 2.42. The number of amides is 1. The van der Waals surface area contributed by atoms with E-state index >= 15 is 0 Å².